The molecule has 4 heteroatoms. The van der Waals surface area contributed by atoms with Gasteiger partial charge in [0.05, 0.1) is 0 Å². The predicted octanol–water partition coefficient (Wildman–Crippen LogP) is -0.958. The second kappa shape index (κ2) is 3.39. The van der Waals surface area contributed by atoms with Crippen LogP contribution in [0.25, 0.3) is 0 Å². The number of pyridine rings is 1. The summed E-state index contributed by atoms with van der Waals surface area (Å²) in [5, 5.41) is 0. The monoisotopic (exact) mass is 162 g/mol. The van der Waals surface area contributed by atoms with Crippen LogP contribution in [0.4, 0.5) is 0 Å². The van der Waals surface area contributed by atoms with Crippen molar-refractivity contribution < 1.29 is 4.79 Å². The topological polar surface area (TPSA) is 33.2 Å². The lowest BCUT2D eigenvalue weighted by atomic mass is 9.99. The van der Waals surface area contributed by atoms with Crippen LogP contribution < -0.4 is 5.46 Å². The molecular formula is C8H11BN2O. The third-order valence-electron chi connectivity index (χ3n) is 1.54. The molecule has 0 N–H and O–H groups in total. The molecule has 0 aliphatic heterocycles. The molecule has 0 saturated heterocycles. The molecule has 0 radical (unpaired) electrons. The number of carbonyl (C=O) groups is 1. The SMILES string of the molecule is Bc1ccc(C(=O)N(C)C)nc1. The van der Waals surface area contributed by atoms with Crippen molar-refractivity contribution in [1.82, 2.24) is 9.88 Å². The van der Waals surface area contributed by atoms with Gasteiger partial charge in [-0.3, -0.25) is 9.78 Å². The van der Waals surface area contributed by atoms with E-state index >= 15 is 0 Å². The van der Waals surface area contributed by atoms with Crippen molar-refractivity contribution in [3.63, 3.8) is 0 Å². The molecule has 0 unspecified atom stereocenters. The van der Waals surface area contributed by atoms with E-state index in [0.29, 0.717) is 5.69 Å². The van der Waals surface area contributed by atoms with E-state index in [1.807, 2.05) is 13.9 Å². The van der Waals surface area contributed by atoms with Gasteiger partial charge in [0.15, 0.2) is 0 Å². The molecule has 0 saturated carbocycles. The number of carbonyl (C=O) groups excluding carboxylic acids is 1. The van der Waals surface area contributed by atoms with Gasteiger partial charge in [-0.15, -0.1) is 0 Å². The van der Waals surface area contributed by atoms with Crippen molar-refractivity contribution in [1.29, 1.82) is 0 Å². The first-order chi connectivity index (χ1) is 5.61. The summed E-state index contributed by atoms with van der Waals surface area (Å²) < 4.78 is 0. The average Bonchev–Trinajstić information content (AvgIpc) is 2.04. The normalized spacial score (nSPS) is 9.50. The lowest BCUT2D eigenvalue weighted by Crippen LogP contribution is -2.23. The Morgan fingerprint density at radius 1 is 1.50 bits per heavy atom. The van der Waals surface area contributed by atoms with Gasteiger partial charge in [-0.25, -0.2) is 0 Å². The largest absolute Gasteiger partial charge is 0.343 e. The van der Waals surface area contributed by atoms with E-state index in [1.165, 1.54) is 4.90 Å². The lowest BCUT2D eigenvalue weighted by Gasteiger charge is -2.08. The quantitative estimate of drug-likeness (QED) is 0.498. The van der Waals surface area contributed by atoms with Crippen LogP contribution in [0.5, 0.6) is 0 Å². The van der Waals surface area contributed by atoms with E-state index in [9.17, 15) is 4.79 Å². The highest BCUT2D eigenvalue weighted by molar-refractivity contribution is 6.32. The van der Waals surface area contributed by atoms with Gasteiger partial charge in [-0.1, -0.05) is 11.5 Å². The van der Waals surface area contributed by atoms with Crippen molar-refractivity contribution in [2.75, 3.05) is 14.1 Å². The van der Waals surface area contributed by atoms with Crippen LogP contribution >= 0.6 is 0 Å². The fourth-order valence-electron chi connectivity index (χ4n) is 0.823. The summed E-state index contributed by atoms with van der Waals surface area (Å²) in [5.74, 6) is -0.0602. The Balaban J connectivity index is 2.90. The van der Waals surface area contributed by atoms with Crippen LogP contribution in [0.1, 0.15) is 10.5 Å². The van der Waals surface area contributed by atoms with Crippen LogP contribution in [0, 0.1) is 0 Å². The highest BCUT2D eigenvalue weighted by Crippen LogP contribution is 1.94. The summed E-state index contributed by atoms with van der Waals surface area (Å²) in [5.41, 5.74) is 1.55. The predicted molar refractivity (Wildman–Crippen MR) is 50.4 cm³/mol. The highest BCUT2D eigenvalue weighted by atomic mass is 16.2. The fraction of sp³-hybridized carbons (Fsp3) is 0.250. The van der Waals surface area contributed by atoms with Crippen LogP contribution in [-0.2, 0) is 0 Å². The maximum Gasteiger partial charge on any atom is 0.271 e. The van der Waals surface area contributed by atoms with E-state index in [-0.39, 0.29) is 5.91 Å². The van der Waals surface area contributed by atoms with Gasteiger partial charge in [-0.05, 0) is 6.07 Å². The Morgan fingerprint density at radius 3 is 2.58 bits per heavy atom. The van der Waals surface area contributed by atoms with Gasteiger partial charge in [-0.2, -0.15) is 0 Å². The first-order valence-electron chi connectivity index (χ1n) is 3.75. The van der Waals surface area contributed by atoms with Crippen molar-refractivity contribution in [3.05, 3.63) is 24.0 Å². The standard InChI is InChI=1S/C8H11BN2O/c1-11(2)8(12)7-4-3-6(9)5-10-7/h3-5H,9H2,1-2H3. The number of rotatable bonds is 1. The number of hydrogen-bond acceptors (Lipinski definition) is 2. The summed E-state index contributed by atoms with van der Waals surface area (Å²) in [6.45, 7) is 0. The number of amides is 1. The van der Waals surface area contributed by atoms with E-state index in [0.717, 1.165) is 5.46 Å². The summed E-state index contributed by atoms with van der Waals surface area (Å²) in [7, 11) is 5.37. The molecule has 62 valence electrons. The van der Waals surface area contributed by atoms with E-state index in [2.05, 4.69) is 4.98 Å². The first kappa shape index (κ1) is 8.78. The lowest BCUT2D eigenvalue weighted by molar-refractivity contribution is 0.0822. The third kappa shape index (κ3) is 1.84. The van der Waals surface area contributed by atoms with E-state index in [1.54, 1.807) is 26.4 Å². The molecule has 0 aromatic carbocycles. The minimum atomic E-state index is -0.0602. The fourth-order valence-corrected chi connectivity index (χ4v) is 0.823. The minimum Gasteiger partial charge on any atom is -0.343 e. The smallest absolute Gasteiger partial charge is 0.271 e. The summed E-state index contributed by atoms with van der Waals surface area (Å²) in [6.07, 6.45) is 1.69. The number of aromatic nitrogens is 1. The van der Waals surface area contributed by atoms with Crippen molar-refractivity contribution >= 4 is 19.2 Å². The zero-order chi connectivity index (χ0) is 9.14. The molecule has 0 spiro atoms. The molecular weight excluding hydrogens is 151 g/mol. The van der Waals surface area contributed by atoms with E-state index in [4.69, 9.17) is 0 Å². The first-order valence-corrected chi connectivity index (χ1v) is 3.75. The molecule has 1 aromatic rings. The van der Waals surface area contributed by atoms with Crippen molar-refractivity contribution in [2.45, 2.75) is 0 Å². The van der Waals surface area contributed by atoms with Crippen molar-refractivity contribution in [3.8, 4) is 0 Å². The van der Waals surface area contributed by atoms with Gasteiger partial charge in [0, 0.05) is 20.3 Å². The number of nitrogens with zero attached hydrogens (tertiary/aromatic N) is 2. The Bertz CT molecular complexity index is 282. The maximum atomic E-state index is 11.3. The number of hydrogen-bond donors (Lipinski definition) is 0. The zero-order valence-electron chi connectivity index (χ0n) is 7.53. The van der Waals surface area contributed by atoms with Crippen LogP contribution in [0.15, 0.2) is 18.3 Å². The second-order valence-electron chi connectivity index (χ2n) is 2.92. The van der Waals surface area contributed by atoms with Gasteiger partial charge >= 0.3 is 0 Å². The zero-order valence-corrected chi connectivity index (χ0v) is 7.53. The Hall–Kier alpha value is -1.32. The van der Waals surface area contributed by atoms with Crippen molar-refractivity contribution in [2.24, 2.45) is 0 Å². The molecule has 0 atom stereocenters. The Morgan fingerprint density at radius 2 is 2.17 bits per heavy atom. The maximum absolute atomic E-state index is 11.3. The summed E-state index contributed by atoms with van der Waals surface area (Å²) in [4.78, 5) is 16.8. The molecule has 0 aliphatic rings. The average molecular weight is 162 g/mol. The molecule has 0 aliphatic carbocycles. The minimum absolute atomic E-state index is 0.0602. The van der Waals surface area contributed by atoms with Gasteiger partial charge in [0.25, 0.3) is 5.91 Å². The van der Waals surface area contributed by atoms with Crippen LogP contribution in [0.3, 0.4) is 0 Å². The molecule has 12 heavy (non-hydrogen) atoms. The third-order valence-corrected chi connectivity index (χ3v) is 1.54. The Kier molecular flexibility index (Phi) is 2.48. The summed E-state index contributed by atoms with van der Waals surface area (Å²) >= 11 is 0. The molecule has 1 rings (SSSR count). The molecule has 3 nitrogen and oxygen atoms in total. The van der Waals surface area contributed by atoms with Crippen LogP contribution in [0.2, 0.25) is 0 Å². The highest BCUT2D eigenvalue weighted by Gasteiger charge is 2.07. The molecule has 0 bridgehead atoms. The van der Waals surface area contributed by atoms with E-state index < -0.39 is 0 Å². The molecule has 1 aromatic heterocycles. The van der Waals surface area contributed by atoms with Crippen LogP contribution in [-0.4, -0.2) is 37.7 Å². The Labute approximate surface area is 72.8 Å². The van der Waals surface area contributed by atoms with Gasteiger partial charge in [0.2, 0.25) is 0 Å². The molecule has 0 fully saturated rings. The summed E-state index contributed by atoms with van der Waals surface area (Å²) in [6, 6.07) is 3.61. The molecule has 1 heterocycles. The molecule has 1 amide bonds. The van der Waals surface area contributed by atoms with Gasteiger partial charge in [0.1, 0.15) is 13.5 Å². The second-order valence-corrected chi connectivity index (χ2v) is 2.92. The van der Waals surface area contributed by atoms with Gasteiger partial charge < -0.3 is 4.90 Å².